The molecule has 0 heterocycles. The molecular weight excluding hydrogens is 359 g/mol. The molecule has 0 saturated heterocycles. The van der Waals surface area contributed by atoms with Crippen LogP contribution in [0.5, 0.6) is 11.5 Å². The van der Waals surface area contributed by atoms with Crippen LogP contribution in [0.1, 0.15) is 29.2 Å². The van der Waals surface area contributed by atoms with E-state index in [1.807, 2.05) is 0 Å². The second-order valence-corrected chi connectivity index (χ2v) is 5.92. The molecule has 27 heavy (non-hydrogen) atoms. The number of hydrogen-bond donors (Lipinski definition) is 1. The Labute approximate surface area is 156 Å². The Kier molecular flexibility index (Phi) is 6.71. The molecule has 1 amide bonds. The highest BCUT2D eigenvalue weighted by molar-refractivity contribution is 5.78. The fraction of sp³-hybridized carbons (Fsp3) is 0.350. The average molecular weight is 381 g/mol. The maximum absolute atomic E-state index is 13.4. The number of nitrogens with one attached hydrogen (secondary N) is 1. The first kappa shape index (κ1) is 20.6. The maximum atomic E-state index is 13.4. The Morgan fingerprint density at radius 1 is 1.15 bits per heavy atom. The normalized spacial score (nSPS) is 11.2. The largest absolute Gasteiger partial charge is 0.496 e. The van der Waals surface area contributed by atoms with Gasteiger partial charge in [0, 0.05) is 12.6 Å². The number of aryl methyl sites for hydroxylation is 1. The minimum atomic E-state index is -4.52. The van der Waals surface area contributed by atoms with Gasteiger partial charge in [-0.05, 0) is 35.7 Å². The Hall–Kier alpha value is -2.70. The van der Waals surface area contributed by atoms with Crippen molar-refractivity contribution in [3.05, 3.63) is 58.7 Å². The molecule has 4 nitrogen and oxygen atoms in total. The fourth-order valence-electron chi connectivity index (χ4n) is 2.69. The van der Waals surface area contributed by atoms with Crippen LogP contribution in [-0.4, -0.2) is 20.1 Å². The summed E-state index contributed by atoms with van der Waals surface area (Å²) in [5, 5.41) is 2.52. The molecule has 0 atom stereocenters. The van der Waals surface area contributed by atoms with Gasteiger partial charge in [-0.3, -0.25) is 4.79 Å². The van der Waals surface area contributed by atoms with Crippen molar-refractivity contribution in [1.29, 1.82) is 0 Å². The molecule has 1 N–H and O–H groups in total. The predicted octanol–water partition coefficient (Wildman–Crippen LogP) is 4.14. The Morgan fingerprint density at radius 3 is 2.48 bits per heavy atom. The van der Waals surface area contributed by atoms with E-state index in [9.17, 15) is 18.0 Å². The van der Waals surface area contributed by atoms with Gasteiger partial charge in [-0.1, -0.05) is 25.1 Å². The van der Waals surface area contributed by atoms with Crippen LogP contribution in [0.25, 0.3) is 0 Å². The summed E-state index contributed by atoms with van der Waals surface area (Å²) in [6.07, 6.45) is -3.95. The van der Waals surface area contributed by atoms with E-state index < -0.39 is 11.7 Å². The van der Waals surface area contributed by atoms with E-state index in [-0.39, 0.29) is 24.7 Å². The summed E-state index contributed by atoms with van der Waals surface area (Å²) in [6, 6.07) is 9.16. The van der Waals surface area contributed by atoms with Gasteiger partial charge in [0.2, 0.25) is 5.91 Å². The molecule has 0 aliphatic heterocycles. The van der Waals surface area contributed by atoms with Crippen LogP contribution in [0, 0.1) is 0 Å². The third-order valence-electron chi connectivity index (χ3n) is 4.21. The summed E-state index contributed by atoms with van der Waals surface area (Å²) < 4.78 is 50.9. The quantitative estimate of drug-likeness (QED) is 0.784. The van der Waals surface area contributed by atoms with E-state index in [1.165, 1.54) is 20.2 Å². The average Bonchev–Trinajstić information content (AvgIpc) is 2.65. The second kappa shape index (κ2) is 8.79. The molecule has 2 aromatic carbocycles. The molecule has 0 saturated carbocycles. The van der Waals surface area contributed by atoms with Crippen molar-refractivity contribution < 1.29 is 27.4 Å². The number of amides is 1. The molecule has 0 spiro atoms. The van der Waals surface area contributed by atoms with E-state index in [2.05, 4.69) is 5.32 Å². The monoisotopic (exact) mass is 381 g/mol. The summed E-state index contributed by atoms with van der Waals surface area (Å²) in [6.45, 7) is 1.64. The highest BCUT2D eigenvalue weighted by Gasteiger charge is 2.34. The van der Waals surface area contributed by atoms with E-state index >= 15 is 0 Å². The van der Waals surface area contributed by atoms with Gasteiger partial charge in [0.25, 0.3) is 0 Å². The van der Waals surface area contributed by atoms with E-state index in [0.29, 0.717) is 28.9 Å². The lowest BCUT2D eigenvalue weighted by atomic mass is 10.0. The number of methoxy groups -OCH3 is 1. The van der Waals surface area contributed by atoms with Crippen molar-refractivity contribution in [2.75, 3.05) is 14.2 Å². The van der Waals surface area contributed by atoms with Crippen LogP contribution in [0.4, 0.5) is 13.2 Å². The smallest absolute Gasteiger partial charge is 0.419 e. The van der Waals surface area contributed by atoms with Crippen LogP contribution >= 0.6 is 0 Å². The number of ether oxygens (including phenoxy) is 2. The number of carbonyl (C=O) groups excluding carboxylic acids is 1. The number of halogens is 3. The molecule has 2 aromatic rings. The van der Waals surface area contributed by atoms with E-state index in [0.717, 1.165) is 6.07 Å². The first-order chi connectivity index (χ1) is 12.8. The second-order valence-electron chi connectivity index (χ2n) is 5.92. The topological polar surface area (TPSA) is 47.6 Å². The zero-order valence-corrected chi connectivity index (χ0v) is 15.4. The van der Waals surface area contributed by atoms with Gasteiger partial charge >= 0.3 is 6.18 Å². The van der Waals surface area contributed by atoms with Crippen molar-refractivity contribution in [3.8, 4) is 11.5 Å². The lowest BCUT2D eigenvalue weighted by Crippen LogP contribution is -2.21. The number of hydrogen-bond acceptors (Lipinski definition) is 3. The number of carbonyl (C=O) groups is 1. The lowest BCUT2D eigenvalue weighted by molar-refractivity contribution is -0.139. The molecule has 0 aliphatic carbocycles. The number of alkyl halides is 3. The van der Waals surface area contributed by atoms with Crippen LogP contribution in [0.2, 0.25) is 0 Å². The summed E-state index contributed by atoms with van der Waals surface area (Å²) >= 11 is 0. The molecule has 0 aromatic heterocycles. The van der Waals surface area contributed by atoms with Gasteiger partial charge in [0.05, 0.1) is 19.1 Å². The van der Waals surface area contributed by atoms with Crippen molar-refractivity contribution in [3.63, 3.8) is 0 Å². The number of likely N-dealkylation sites (N-methyl/N-ethyl adjacent to an activating group) is 1. The summed E-state index contributed by atoms with van der Waals surface area (Å²) in [7, 11) is 2.98. The predicted molar refractivity (Wildman–Crippen MR) is 95.9 cm³/mol. The van der Waals surface area contributed by atoms with Gasteiger partial charge < -0.3 is 14.8 Å². The Balaban J connectivity index is 2.35. The maximum Gasteiger partial charge on any atom is 0.419 e. The van der Waals surface area contributed by atoms with Crippen molar-refractivity contribution in [2.24, 2.45) is 0 Å². The molecule has 0 unspecified atom stereocenters. The first-order valence-corrected chi connectivity index (χ1v) is 8.48. The summed E-state index contributed by atoms with van der Waals surface area (Å²) in [5.74, 6) is -0.0144. The fourth-order valence-corrected chi connectivity index (χ4v) is 2.69. The van der Waals surface area contributed by atoms with Gasteiger partial charge in [0.15, 0.2) is 0 Å². The van der Waals surface area contributed by atoms with Gasteiger partial charge in [-0.25, -0.2) is 0 Å². The van der Waals surface area contributed by atoms with Crippen molar-refractivity contribution >= 4 is 5.91 Å². The Morgan fingerprint density at radius 2 is 1.89 bits per heavy atom. The SMILES string of the molecule is CCc1ccc(OCc2c(CC(=O)NC)cccc2OC)c(C(F)(F)F)c1. The molecule has 0 fully saturated rings. The van der Waals surface area contributed by atoms with Gasteiger partial charge in [-0.15, -0.1) is 0 Å². The first-order valence-electron chi connectivity index (χ1n) is 8.48. The van der Waals surface area contributed by atoms with Gasteiger partial charge in [0.1, 0.15) is 18.1 Å². The lowest BCUT2D eigenvalue weighted by Gasteiger charge is -2.18. The zero-order chi connectivity index (χ0) is 20.0. The molecule has 0 aliphatic rings. The molecule has 0 radical (unpaired) electrons. The Bertz CT molecular complexity index is 804. The van der Waals surface area contributed by atoms with E-state index in [1.54, 1.807) is 31.2 Å². The molecule has 0 bridgehead atoms. The summed E-state index contributed by atoms with van der Waals surface area (Å²) in [4.78, 5) is 11.7. The number of rotatable bonds is 7. The molecular formula is C20H22F3NO3. The van der Waals surface area contributed by atoms with Crippen LogP contribution < -0.4 is 14.8 Å². The van der Waals surface area contributed by atoms with Crippen LogP contribution in [0.15, 0.2) is 36.4 Å². The van der Waals surface area contributed by atoms with Crippen molar-refractivity contribution in [1.82, 2.24) is 5.32 Å². The third kappa shape index (κ3) is 5.15. The van der Waals surface area contributed by atoms with Gasteiger partial charge in [-0.2, -0.15) is 13.2 Å². The third-order valence-corrected chi connectivity index (χ3v) is 4.21. The van der Waals surface area contributed by atoms with Crippen molar-refractivity contribution in [2.45, 2.75) is 32.5 Å². The van der Waals surface area contributed by atoms with E-state index in [4.69, 9.17) is 9.47 Å². The molecule has 146 valence electrons. The zero-order valence-electron chi connectivity index (χ0n) is 15.4. The number of benzene rings is 2. The minimum Gasteiger partial charge on any atom is -0.496 e. The highest BCUT2D eigenvalue weighted by atomic mass is 19.4. The van der Waals surface area contributed by atoms with Crippen LogP contribution in [-0.2, 0) is 30.4 Å². The molecule has 2 rings (SSSR count). The summed E-state index contributed by atoms with van der Waals surface area (Å²) in [5.41, 5.74) is 0.931. The highest BCUT2D eigenvalue weighted by Crippen LogP contribution is 2.37. The molecule has 7 heteroatoms. The minimum absolute atomic E-state index is 0.0767. The van der Waals surface area contributed by atoms with Crippen LogP contribution in [0.3, 0.4) is 0 Å². The standard InChI is InChI=1S/C20H22F3NO3/c1-4-13-8-9-18(16(10-13)20(21,22)23)27-12-15-14(11-19(25)24-2)6-5-7-17(15)26-3/h5-10H,4,11-12H2,1-3H3,(H,24,25).